The van der Waals surface area contributed by atoms with Crippen molar-refractivity contribution in [3.8, 4) is 11.5 Å². The molecule has 0 N–H and O–H groups in total. The zero-order valence-electron chi connectivity index (χ0n) is 26.0. The summed E-state index contributed by atoms with van der Waals surface area (Å²) in [6.45, 7) is 4.40. The number of carbonyl (C=O) groups is 3. The number of nitrogens with zero attached hydrogens (tertiary/aromatic N) is 2. The number of ether oxygens (including phenoxy) is 2. The van der Waals surface area contributed by atoms with Crippen molar-refractivity contribution >= 4 is 17.7 Å². The Labute approximate surface area is 255 Å². The summed E-state index contributed by atoms with van der Waals surface area (Å²) >= 11 is 0. The number of aryl methyl sites for hydroxylation is 1. The summed E-state index contributed by atoms with van der Waals surface area (Å²) < 4.78 is 12.5. The molecule has 1 amide bonds. The molecular weight excluding hydrogens is 540 g/mol. The number of esters is 1. The monoisotopic (exact) mass is 586 g/mol. The zero-order chi connectivity index (χ0) is 30.1. The molecule has 2 bridgehead atoms. The van der Waals surface area contributed by atoms with E-state index in [9.17, 15) is 14.4 Å². The van der Waals surface area contributed by atoms with Crippen molar-refractivity contribution in [3.63, 3.8) is 0 Å². The number of hydrogen-bond donors (Lipinski definition) is 0. The highest BCUT2D eigenvalue weighted by Crippen LogP contribution is 2.64. The number of likely N-dealkylation sites (N-methyl/N-ethyl adjacent to an activating group) is 1. The Kier molecular flexibility index (Phi) is 8.63. The number of likely N-dealkylation sites (tertiary alicyclic amines) is 1. The predicted molar refractivity (Wildman–Crippen MR) is 165 cm³/mol. The fourth-order valence-electron chi connectivity index (χ4n) is 8.84. The van der Waals surface area contributed by atoms with Crippen LogP contribution in [0.5, 0.6) is 11.5 Å². The van der Waals surface area contributed by atoms with E-state index in [2.05, 4.69) is 41.3 Å². The third-order valence-corrected chi connectivity index (χ3v) is 10.7. The van der Waals surface area contributed by atoms with Crippen LogP contribution in [0.15, 0.2) is 42.5 Å². The molecule has 4 aliphatic rings. The van der Waals surface area contributed by atoms with E-state index in [-0.39, 0.29) is 41.3 Å². The highest BCUT2D eigenvalue weighted by atomic mass is 16.6. The van der Waals surface area contributed by atoms with E-state index in [0.29, 0.717) is 30.4 Å². The fourth-order valence-corrected chi connectivity index (χ4v) is 8.84. The summed E-state index contributed by atoms with van der Waals surface area (Å²) in [5.74, 6) is 1.54. The molecule has 2 aromatic rings. The lowest BCUT2D eigenvalue weighted by Crippen LogP contribution is -2.69. The molecule has 2 fully saturated rings. The Morgan fingerprint density at radius 1 is 1.00 bits per heavy atom. The van der Waals surface area contributed by atoms with Crippen molar-refractivity contribution in [1.29, 1.82) is 0 Å². The van der Waals surface area contributed by atoms with Crippen LogP contribution < -0.4 is 9.47 Å². The number of hydrogen-bond acceptors (Lipinski definition) is 6. The minimum atomic E-state index is -0.363. The summed E-state index contributed by atoms with van der Waals surface area (Å²) in [5, 5.41) is 0. The first-order valence-electron chi connectivity index (χ1n) is 16.3. The van der Waals surface area contributed by atoms with Gasteiger partial charge < -0.3 is 14.4 Å². The minimum Gasteiger partial charge on any atom is -0.483 e. The predicted octanol–water partition coefficient (Wildman–Crippen LogP) is 5.65. The summed E-state index contributed by atoms with van der Waals surface area (Å²) in [5.41, 5.74) is 3.57. The van der Waals surface area contributed by atoms with Crippen LogP contribution in [0.25, 0.3) is 0 Å². The van der Waals surface area contributed by atoms with Gasteiger partial charge in [0.25, 0.3) is 0 Å². The van der Waals surface area contributed by atoms with Crippen LogP contribution in [0.3, 0.4) is 0 Å². The number of Topliss-reactive ketones (excluding diaryl/α,β-unsaturated/α-hetero) is 1. The first-order chi connectivity index (χ1) is 20.8. The average molecular weight is 587 g/mol. The van der Waals surface area contributed by atoms with Gasteiger partial charge in [-0.05, 0) is 81.5 Å². The van der Waals surface area contributed by atoms with Crippen molar-refractivity contribution in [2.45, 2.75) is 108 Å². The number of carbonyl (C=O) groups excluding carboxylic acids is 3. The molecule has 1 spiro atoms. The maximum absolute atomic E-state index is 13.6. The summed E-state index contributed by atoms with van der Waals surface area (Å²) in [7, 11) is 1.95. The van der Waals surface area contributed by atoms with Gasteiger partial charge >= 0.3 is 5.97 Å². The van der Waals surface area contributed by atoms with E-state index < -0.39 is 0 Å². The van der Waals surface area contributed by atoms with Crippen molar-refractivity contribution < 1.29 is 23.9 Å². The molecule has 7 heteroatoms. The Balaban J connectivity index is 1.14. The molecular formula is C36H46N2O5. The van der Waals surface area contributed by atoms with Crippen LogP contribution in [0.4, 0.5) is 0 Å². The fraction of sp³-hybridized carbons (Fsp3) is 0.583. The quantitative estimate of drug-likeness (QED) is 0.182. The number of amides is 1. The molecule has 7 nitrogen and oxygen atoms in total. The molecule has 2 heterocycles. The first kappa shape index (κ1) is 29.9. The zero-order valence-corrected chi connectivity index (χ0v) is 26.0. The number of rotatable bonds is 12. The van der Waals surface area contributed by atoms with Gasteiger partial charge in [-0.25, -0.2) is 0 Å². The van der Waals surface area contributed by atoms with Crippen molar-refractivity contribution in [3.05, 3.63) is 59.2 Å². The first-order valence-corrected chi connectivity index (χ1v) is 16.3. The topological polar surface area (TPSA) is 76.2 Å². The van der Waals surface area contributed by atoms with Gasteiger partial charge in [0.15, 0.2) is 11.5 Å². The smallest absolute Gasteiger partial charge is 0.308 e. The Bertz CT molecular complexity index is 1360. The largest absolute Gasteiger partial charge is 0.483 e. The second kappa shape index (κ2) is 12.4. The number of benzene rings is 2. The van der Waals surface area contributed by atoms with Crippen molar-refractivity contribution in [2.75, 3.05) is 20.1 Å². The maximum Gasteiger partial charge on any atom is 0.308 e. The van der Waals surface area contributed by atoms with E-state index in [4.69, 9.17) is 9.47 Å². The van der Waals surface area contributed by atoms with Gasteiger partial charge in [-0.15, -0.1) is 0 Å². The van der Waals surface area contributed by atoms with Crippen LogP contribution in [-0.2, 0) is 32.6 Å². The number of piperidine rings is 1. The molecule has 0 unspecified atom stereocenters. The van der Waals surface area contributed by atoms with E-state index in [1.807, 2.05) is 18.0 Å². The molecule has 43 heavy (non-hydrogen) atoms. The van der Waals surface area contributed by atoms with Gasteiger partial charge in [-0.3, -0.25) is 19.3 Å². The van der Waals surface area contributed by atoms with Crippen LogP contribution in [-0.4, -0.2) is 65.8 Å². The van der Waals surface area contributed by atoms with Crippen LogP contribution in [0, 0.1) is 5.92 Å². The van der Waals surface area contributed by atoms with Crippen molar-refractivity contribution in [2.24, 2.45) is 5.92 Å². The highest BCUT2D eigenvalue weighted by Gasteiger charge is 2.66. The lowest BCUT2D eigenvalue weighted by molar-refractivity contribution is -0.141. The Hall–Kier alpha value is -3.19. The number of ketones is 1. The lowest BCUT2D eigenvalue weighted by atomic mass is 9.51. The van der Waals surface area contributed by atoms with E-state index in [1.165, 1.54) is 36.5 Å². The molecule has 2 aliphatic heterocycles. The second-order valence-electron chi connectivity index (χ2n) is 13.3. The highest BCUT2D eigenvalue weighted by molar-refractivity contribution is 5.78. The molecule has 1 saturated carbocycles. The molecule has 230 valence electrons. The lowest BCUT2D eigenvalue weighted by Gasteiger charge is -2.60. The summed E-state index contributed by atoms with van der Waals surface area (Å²) in [6, 6.07) is 14.8. The maximum atomic E-state index is 13.6. The molecule has 0 aromatic heterocycles. The third-order valence-electron chi connectivity index (χ3n) is 10.7. The van der Waals surface area contributed by atoms with Gasteiger partial charge in [-0.1, -0.05) is 55.7 Å². The van der Waals surface area contributed by atoms with E-state index >= 15 is 0 Å². The van der Waals surface area contributed by atoms with Gasteiger partial charge in [0.1, 0.15) is 11.9 Å². The summed E-state index contributed by atoms with van der Waals surface area (Å²) in [4.78, 5) is 42.1. The van der Waals surface area contributed by atoms with Crippen molar-refractivity contribution in [1.82, 2.24) is 9.80 Å². The normalized spacial score (nSPS) is 26.8. The van der Waals surface area contributed by atoms with E-state index in [1.54, 1.807) is 6.92 Å². The second-order valence-corrected chi connectivity index (χ2v) is 13.3. The molecule has 1 saturated heterocycles. The van der Waals surface area contributed by atoms with Crippen LogP contribution >= 0.6 is 0 Å². The van der Waals surface area contributed by atoms with Gasteiger partial charge in [0.2, 0.25) is 5.91 Å². The molecule has 6 rings (SSSR count). The standard InChI is InChI=1S/C36H46N2O5/c1-24(39)23-38-21-20-36-28-17-18-29(37(3)32(41)15-11-6-4-5-8-12-26-13-9-7-10-14-26)35(36)43-34-31(42-25(2)40)19-16-27(33(34)36)22-30(28)38/h7,9-10,13-14,16,19,28-30,35H,4-6,8,11-12,15,17-18,20-23H2,1-3H3/t28-,29+,30+,35-,36-/m0/s1. The SMILES string of the molecule is CC(=O)CN1CC[C@]23c4c5ccc(OC(C)=O)c4O[C@H]2[C@H](N(C)C(=O)CCCCCCCc2ccccc2)CC[C@H]3[C@H]1C5. The summed E-state index contributed by atoms with van der Waals surface area (Å²) in [6.07, 6.45) is 10.6. The van der Waals surface area contributed by atoms with Crippen LogP contribution in [0.2, 0.25) is 0 Å². The van der Waals surface area contributed by atoms with Gasteiger partial charge in [0.05, 0.1) is 12.6 Å². The Morgan fingerprint density at radius 2 is 1.77 bits per heavy atom. The van der Waals surface area contributed by atoms with Crippen LogP contribution in [0.1, 0.15) is 88.3 Å². The minimum absolute atomic E-state index is 0.0434. The van der Waals surface area contributed by atoms with E-state index in [0.717, 1.165) is 57.9 Å². The molecule has 5 atom stereocenters. The number of unbranched alkanes of at least 4 members (excludes halogenated alkanes) is 4. The van der Waals surface area contributed by atoms with Gasteiger partial charge in [-0.2, -0.15) is 0 Å². The molecule has 2 aliphatic carbocycles. The average Bonchev–Trinajstić information content (AvgIpc) is 3.34. The van der Waals surface area contributed by atoms with Gasteiger partial charge in [0, 0.05) is 37.4 Å². The Morgan fingerprint density at radius 3 is 2.53 bits per heavy atom. The molecule has 0 radical (unpaired) electrons. The molecule has 2 aromatic carbocycles. The third kappa shape index (κ3) is 5.61.